The molecular weight excluding hydrogens is 800 g/mol. The Morgan fingerprint density at radius 1 is 0.721 bits per heavy atom. The summed E-state index contributed by atoms with van der Waals surface area (Å²) >= 11 is 0. The highest BCUT2D eigenvalue weighted by molar-refractivity contribution is 5.92. The second-order valence-corrected chi connectivity index (χ2v) is 15.5. The predicted octanol–water partition coefficient (Wildman–Crippen LogP) is 1.92. The summed E-state index contributed by atoms with van der Waals surface area (Å²) in [6.45, 7) is 11.0. The maximum Gasteiger partial charge on any atom is 0.407 e. The molecule has 61 heavy (non-hydrogen) atoms. The number of ether oxygens (including phenoxy) is 7. The summed E-state index contributed by atoms with van der Waals surface area (Å²) in [5.41, 5.74) is 3.04. The van der Waals surface area contributed by atoms with Gasteiger partial charge in [0.05, 0.1) is 6.10 Å². The number of hydrogen-bond donors (Lipinski definition) is 4. The second kappa shape index (κ2) is 20.9. The van der Waals surface area contributed by atoms with Gasteiger partial charge in [-0.3, -0.25) is 33.6 Å². The molecule has 2 aliphatic rings. The van der Waals surface area contributed by atoms with Crippen molar-refractivity contribution in [3.63, 3.8) is 0 Å². The minimum atomic E-state index is -1.65. The SMILES string of the molecule is CC(=O)N[C@H]1[C@@H](O[C@@H](C)[C@H](NC(=O)OCC2c3ccccc3-c3ccccc32)C(=O)N[C@@H](C)C(=O)NCC(=O)OC(C)(C)C)O[C@H](COC(C)=O)[C@H](OC(C)=O)[C@@H]1OC(C)=O. The lowest BCUT2D eigenvalue weighted by molar-refractivity contribution is -0.287. The van der Waals surface area contributed by atoms with Crippen molar-refractivity contribution in [1.82, 2.24) is 21.3 Å². The van der Waals surface area contributed by atoms with Gasteiger partial charge in [0.1, 0.15) is 49.6 Å². The molecular formula is C42H54N4O15. The van der Waals surface area contributed by atoms with E-state index >= 15 is 0 Å². The van der Waals surface area contributed by atoms with Crippen molar-refractivity contribution in [2.24, 2.45) is 0 Å². The molecule has 2 aromatic rings. The fraction of sp³-hybridized carbons (Fsp3) is 0.524. The van der Waals surface area contributed by atoms with E-state index in [4.69, 9.17) is 33.2 Å². The first-order chi connectivity index (χ1) is 28.6. The summed E-state index contributed by atoms with van der Waals surface area (Å²) in [5, 5.41) is 9.98. The lowest BCUT2D eigenvalue weighted by Gasteiger charge is -2.45. The molecule has 19 heteroatoms. The number of amides is 4. The Kier molecular flexibility index (Phi) is 16.3. The van der Waals surface area contributed by atoms with Gasteiger partial charge in [-0.25, -0.2) is 4.79 Å². The molecule has 0 radical (unpaired) electrons. The first-order valence-electron chi connectivity index (χ1n) is 19.6. The quantitative estimate of drug-likeness (QED) is 0.139. The molecule has 0 saturated carbocycles. The van der Waals surface area contributed by atoms with E-state index in [2.05, 4.69) is 21.3 Å². The summed E-state index contributed by atoms with van der Waals surface area (Å²) in [4.78, 5) is 102. The summed E-state index contributed by atoms with van der Waals surface area (Å²) < 4.78 is 39.4. The third-order valence-corrected chi connectivity index (χ3v) is 9.37. The fourth-order valence-corrected chi connectivity index (χ4v) is 6.92. The van der Waals surface area contributed by atoms with Crippen molar-refractivity contribution >= 4 is 47.7 Å². The first kappa shape index (κ1) is 47.6. The maximum absolute atomic E-state index is 14.0. The van der Waals surface area contributed by atoms with Crippen LogP contribution in [0.1, 0.15) is 79.4 Å². The van der Waals surface area contributed by atoms with Crippen molar-refractivity contribution in [2.45, 2.75) is 123 Å². The van der Waals surface area contributed by atoms with Crippen molar-refractivity contribution in [3.8, 4) is 11.1 Å². The summed E-state index contributed by atoms with van der Waals surface area (Å²) in [5.74, 6) is -5.79. The average Bonchev–Trinajstić information content (AvgIpc) is 3.48. The number of alkyl carbamates (subject to hydrolysis) is 1. The van der Waals surface area contributed by atoms with E-state index in [1.54, 1.807) is 20.8 Å². The summed E-state index contributed by atoms with van der Waals surface area (Å²) in [6.07, 6.45) is -8.29. The van der Waals surface area contributed by atoms with Crippen LogP contribution in [0, 0.1) is 0 Å². The van der Waals surface area contributed by atoms with Crippen molar-refractivity contribution in [3.05, 3.63) is 59.7 Å². The smallest absolute Gasteiger partial charge is 0.407 e. The normalized spacial score (nSPS) is 20.8. The van der Waals surface area contributed by atoms with Crippen LogP contribution in [0.4, 0.5) is 4.79 Å². The van der Waals surface area contributed by atoms with Gasteiger partial charge in [0, 0.05) is 33.6 Å². The number of nitrogens with one attached hydrogen (secondary N) is 4. The zero-order valence-electron chi connectivity index (χ0n) is 35.6. The highest BCUT2D eigenvalue weighted by Crippen LogP contribution is 2.44. The largest absolute Gasteiger partial charge is 0.463 e. The second-order valence-electron chi connectivity index (χ2n) is 15.5. The molecule has 0 spiro atoms. The molecule has 1 fully saturated rings. The molecule has 4 amide bonds. The molecule has 1 aliphatic carbocycles. The van der Waals surface area contributed by atoms with Gasteiger partial charge in [-0.15, -0.1) is 0 Å². The van der Waals surface area contributed by atoms with E-state index in [0.717, 1.165) is 49.9 Å². The van der Waals surface area contributed by atoms with Gasteiger partial charge in [-0.2, -0.15) is 0 Å². The number of esters is 4. The van der Waals surface area contributed by atoms with Crippen LogP contribution < -0.4 is 21.3 Å². The van der Waals surface area contributed by atoms with Gasteiger partial charge in [-0.1, -0.05) is 48.5 Å². The Morgan fingerprint density at radius 2 is 1.30 bits per heavy atom. The van der Waals surface area contributed by atoms with Crippen LogP contribution in [0.3, 0.4) is 0 Å². The monoisotopic (exact) mass is 854 g/mol. The predicted molar refractivity (Wildman–Crippen MR) is 213 cm³/mol. The number of carbonyl (C=O) groups is 8. The molecule has 19 nitrogen and oxygen atoms in total. The third kappa shape index (κ3) is 13.5. The zero-order valence-corrected chi connectivity index (χ0v) is 35.6. The zero-order chi connectivity index (χ0) is 45.2. The number of rotatable bonds is 16. The molecule has 4 rings (SSSR count). The van der Waals surface area contributed by atoms with Crippen LogP contribution >= 0.6 is 0 Å². The van der Waals surface area contributed by atoms with Gasteiger partial charge in [0.15, 0.2) is 18.5 Å². The number of benzene rings is 2. The molecule has 332 valence electrons. The number of carbonyl (C=O) groups excluding carboxylic acids is 8. The van der Waals surface area contributed by atoms with Gasteiger partial charge in [0.2, 0.25) is 17.7 Å². The highest BCUT2D eigenvalue weighted by Gasteiger charge is 2.52. The maximum atomic E-state index is 14.0. The molecule has 1 heterocycles. The standard InChI is InChI=1S/C42H54N4O15/c1-21(38(52)43-18-33(51)61-42(7,8)9)44-39(53)34(46-41(54)56-19-31-29-16-12-10-14-27(29)28-15-11-13-17-30(28)31)22(2)57-40-35(45-23(3)47)37(59-26(6)50)36(58-25(5)49)32(60-40)20-55-24(4)48/h10-17,21-22,31-32,34-37,40H,18-20H2,1-9H3,(H,43,52)(H,44,53)(H,45,47)(H,46,54)/t21-,22-,32+,34-,35+,36-,37+,40-/m0/s1. The lowest BCUT2D eigenvalue weighted by Crippen LogP contribution is -2.67. The minimum Gasteiger partial charge on any atom is -0.463 e. The van der Waals surface area contributed by atoms with Crippen molar-refractivity contribution in [2.75, 3.05) is 19.8 Å². The Balaban J connectivity index is 1.62. The molecule has 1 saturated heterocycles. The molecule has 8 atom stereocenters. The average molecular weight is 855 g/mol. The van der Waals surface area contributed by atoms with Crippen LogP contribution in [-0.4, -0.2) is 122 Å². The molecule has 1 aliphatic heterocycles. The minimum absolute atomic E-state index is 0.122. The van der Waals surface area contributed by atoms with Crippen molar-refractivity contribution < 1.29 is 71.5 Å². The first-order valence-corrected chi connectivity index (χ1v) is 19.6. The van der Waals surface area contributed by atoms with Gasteiger partial charge >= 0.3 is 30.0 Å². The summed E-state index contributed by atoms with van der Waals surface area (Å²) in [7, 11) is 0. The van der Waals surface area contributed by atoms with Crippen LogP contribution in [0.15, 0.2) is 48.5 Å². The van der Waals surface area contributed by atoms with Crippen LogP contribution in [0.2, 0.25) is 0 Å². The Morgan fingerprint density at radius 3 is 1.84 bits per heavy atom. The van der Waals surface area contributed by atoms with E-state index in [1.165, 1.54) is 13.8 Å². The Hall–Kier alpha value is -6.08. The molecule has 0 aromatic heterocycles. The molecule has 0 bridgehead atoms. The van der Waals surface area contributed by atoms with Gasteiger partial charge in [-0.05, 0) is 56.9 Å². The topological polar surface area (TPSA) is 249 Å². The Labute approximate surface area is 353 Å². The number of hydrogen-bond acceptors (Lipinski definition) is 15. The van der Waals surface area contributed by atoms with Crippen LogP contribution in [0.5, 0.6) is 0 Å². The van der Waals surface area contributed by atoms with E-state index in [0.29, 0.717) is 0 Å². The fourth-order valence-electron chi connectivity index (χ4n) is 6.92. The Bertz CT molecular complexity index is 1920. The van der Waals surface area contributed by atoms with E-state index in [1.807, 2.05) is 48.5 Å². The molecule has 4 N–H and O–H groups in total. The third-order valence-electron chi connectivity index (χ3n) is 9.37. The number of fused-ring (bicyclic) bond motifs is 3. The molecule has 2 aromatic carbocycles. The van der Waals surface area contributed by atoms with E-state index < -0.39 is 115 Å². The van der Waals surface area contributed by atoms with E-state index in [9.17, 15) is 38.4 Å². The summed E-state index contributed by atoms with van der Waals surface area (Å²) in [6, 6.07) is 11.1. The highest BCUT2D eigenvalue weighted by atomic mass is 16.7. The lowest BCUT2D eigenvalue weighted by atomic mass is 9.95. The van der Waals surface area contributed by atoms with Gasteiger partial charge < -0.3 is 54.4 Å². The van der Waals surface area contributed by atoms with E-state index in [-0.39, 0.29) is 12.5 Å². The van der Waals surface area contributed by atoms with Gasteiger partial charge in [0.25, 0.3) is 0 Å². The molecule has 0 unspecified atom stereocenters. The van der Waals surface area contributed by atoms with Crippen LogP contribution in [-0.2, 0) is 66.7 Å². The van der Waals surface area contributed by atoms with Crippen molar-refractivity contribution in [1.29, 1.82) is 0 Å². The van der Waals surface area contributed by atoms with Crippen LogP contribution in [0.25, 0.3) is 11.1 Å².